The van der Waals surface area contributed by atoms with E-state index in [0.29, 0.717) is 21.5 Å². The molecule has 0 saturated heterocycles. The van der Waals surface area contributed by atoms with E-state index in [0.717, 1.165) is 0 Å². The molecule has 7 nitrogen and oxygen atoms in total. The SMILES string of the molecule is O=C(CNC(=O)c1ccc(Cl)cc1)N=Nc1c(O)[nH]c2ccccc12. The molecule has 1 heterocycles. The molecule has 0 aliphatic heterocycles. The maximum Gasteiger partial charge on any atom is 0.283 e. The summed E-state index contributed by atoms with van der Waals surface area (Å²) in [7, 11) is 0. The maximum absolute atomic E-state index is 11.9. The van der Waals surface area contributed by atoms with Gasteiger partial charge in [-0.3, -0.25) is 9.59 Å². The van der Waals surface area contributed by atoms with Gasteiger partial charge < -0.3 is 15.4 Å². The van der Waals surface area contributed by atoms with Gasteiger partial charge in [-0.15, -0.1) is 10.2 Å². The van der Waals surface area contributed by atoms with Gasteiger partial charge in [0.15, 0.2) is 5.69 Å². The fourth-order valence-electron chi connectivity index (χ4n) is 2.21. The van der Waals surface area contributed by atoms with Gasteiger partial charge in [-0.25, -0.2) is 0 Å². The van der Waals surface area contributed by atoms with Gasteiger partial charge >= 0.3 is 0 Å². The Labute approximate surface area is 147 Å². The number of carbonyl (C=O) groups is 2. The van der Waals surface area contributed by atoms with Crippen molar-refractivity contribution in [3.63, 3.8) is 0 Å². The summed E-state index contributed by atoms with van der Waals surface area (Å²) >= 11 is 5.75. The average Bonchev–Trinajstić information content (AvgIpc) is 2.93. The summed E-state index contributed by atoms with van der Waals surface area (Å²) in [6.45, 7) is -0.311. The molecule has 3 N–H and O–H groups in total. The molecule has 3 rings (SSSR count). The van der Waals surface area contributed by atoms with Gasteiger partial charge in [0, 0.05) is 16.0 Å². The number of para-hydroxylation sites is 1. The topological polar surface area (TPSA) is 107 Å². The van der Waals surface area contributed by atoms with Crippen LogP contribution in [0.1, 0.15) is 10.4 Å². The van der Waals surface area contributed by atoms with Crippen molar-refractivity contribution in [2.24, 2.45) is 10.2 Å². The molecule has 0 atom stereocenters. The molecular weight excluding hydrogens is 344 g/mol. The van der Waals surface area contributed by atoms with Crippen LogP contribution in [0.25, 0.3) is 10.9 Å². The molecule has 25 heavy (non-hydrogen) atoms. The molecule has 0 bridgehead atoms. The van der Waals surface area contributed by atoms with Crippen molar-refractivity contribution in [3.05, 3.63) is 59.1 Å². The molecule has 0 unspecified atom stereocenters. The lowest BCUT2D eigenvalue weighted by molar-refractivity contribution is -0.117. The number of nitrogens with one attached hydrogen (secondary N) is 2. The molecule has 0 saturated carbocycles. The highest BCUT2D eigenvalue weighted by Crippen LogP contribution is 2.35. The van der Waals surface area contributed by atoms with Gasteiger partial charge in [0.05, 0.1) is 5.52 Å². The van der Waals surface area contributed by atoms with Gasteiger partial charge in [-0.1, -0.05) is 29.8 Å². The zero-order valence-electron chi connectivity index (χ0n) is 12.9. The van der Waals surface area contributed by atoms with Crippen LogP contribution in [-0.4, -0.2) is 28.4 Å². The minimum Gasteiger partial charge on any atom is -0.493 e. The lowest BCUT2D eigenvalue weighted by Crippen LogP contribution is -2.28. The Kier molecular flexibility index (Phi) is 4.76. The molecule has 0 radical (unpaired) electrons. The lowest BCUT2D eigenvalue weighted by Gasteiger charge is -2.02. The van der Waals surface area contributed by atoms with Gasteiger partial charge in [0.1, 0.15) is 6.54 Å². The van der Waals surface area contributed by atoms with Crippen LogP contribution in [0.5, 0.6) is 5.88 Å². The number of amides is 2. The predicted molar refractivity (Wildman–Crippen MR) is 93.3 cm³/mol. The largest absolute Gasteiger partial charge is 0.493 e. The molecule has 126 valence electrons. The Balaban J connectivity index is 1.64. The summed E-state index contributed by atoms with van der Waals surface area (Å²) in [5.74, 6) is -1.25. The number of azo groups is 1. The number of hydrogen-bond acceptors (Lipinski definition) is 4. The van der Waals surface area contributed by atoms with Crippen molar-refractivity contribution in [2.75, 3.05) is 6.54 Å². The molecule has 0 aliphatic carbocycles. The number of benzene rings is 2. The van der Waals surface area contributed by atoms with Crippen molar-refractivity contribution in [2.45, 2.75) is 0 Å². The molecule has 2 aromatic carbocycles. The highest BCUT2D eigenvalue weighted by Gasteiger charge is 2.11. The standard InChI is InChI=1S/C17H13ClN4O3/c18-11-7-5-10(6-8-11)16(24)19-9-14(23)21-22-15-12-3-1-2-4-13(12)20-17(15)25/h1-8,20,25H,9H2,(H,19,24). The summed E-state index contributed by atoms with van der Waals surface area (Å²) in [5, 5.41) is 20.7. The van der Waals surface area contributed by atoms with Crippen LogP contribution in [0.15, 0.2) is 58.8 Å². The van der Waals surface area contributed by atoms with E-state index in [1.807, 2.05) is 0 Å². The first-order chi connectivity index (χ1) is 12.0. The van der Waals surface area contributed by atoms with E-state index in [9.17, 15) is 14.7 Å². The summed E-state index contributed by atoms with van der Waals surface area (Å²) in [6.07, 6.45) is 0. The van der Waals surface area contributed by atoms with Crippen LogP contribution in [-0.2, 0) is 4.79 Å². The highest BCUT2D eigenvalue weighted by atomic mass is 35.5. The number of rotatable bonds is 4. The highest BCUT2D eigenvalue weighted by molar-refractivity contribution is 6.30. The molecule has 3 aromatic rings. The first kappa shape index (κ1) is 16.7. The molecular formula is C17H13ClN4O3. The second-order valence-corrected chi connectivity index (χ2v) is 5.59. The van der Waals surface area contributed by atoms with Crippen LogP contribution in [0.4, 0.5) is 5.69 Å². The summed E-state index contributed by atoms with van der Waals surface area (Å²) in [5.41, 5.74) is 1.23. The van der Waals surface area contributed by atoms with E-state index < -0.39 is 11.8 Å². The summed E-state index contributed by atoms with van der Waals surface area (Å²) in [4.78, 5) is 26.4. The van der Waals surface area contributed by atoms with Crippen molar-refractivity contribution in [3.8, 4) is 5.88 Å². The Hall–Kier alpha value is -3.19. The monoisotopic (exact) mass is 356 g/mol. The van der Waals surface area contributed by atoms with Gasteiger partial charge in [0.2, 0.25) is 5.88 Å². The molecule has 1 aromatic heterocycles. The third-order valence-electron chi connectivity index (χ3n) is 3.43. The Morgan fingerprint density at radius 1 is 1.12 bits per heavy atom. The molecule has 8 heteroatoms. The predicted octanol–water partition coefficient (Wildman–Crippen LogP) is 3.57. The lowest BCUT2D eigenvalue weighted by atomic mass is 10.2. The van der Waals surface area contributed by atoms with Crippen LogP contribution in [0, 0.1) is 0 Å². The number of hydrogen-bond donors (Lipinski definition) is 3. The summed E-state index contributed by atoms with van der Waals surface area (Å²) < 4.78 is 0. The van der Waals surface area contributed by atoms with Crippen molar-refractivity contribution < 1.29 is 14.7 Å². The number of aromatic hydroxyl groups is 1. The van der Waals surface area contributed by atoms with E-state index in [2.05, 4.69) is 20.5 Å². The molecule has 0 spiro atoms. The maximum atomic E-state index is 11.9. The number of aromatic amines is 1. The zero-order chi connectivity index (χ0) is 17.8. The van der Waals surface area contributed by atoms with Gasteiger partial charge in [-0.05, 0) is 30.3 Å². The van der Waals surface area contributed by atoms with Gasteiger partial charge in [-0.2, -0.15) is 0 Å². The number of halogens is 1. The van der Waals surface area contributed by atoms with E-state index in [-0.39, 0.29) is 18.1 Å². The van der Waals surface area contributed by atoms with Gasteiger partial charge in [0.25, 0.3) is 11.8 Å². The fourth-order valence-corrected chi connectivity index (χ4v) is 2.34. The number of carbonyl (C=O) groups excluding carboxylic acids is 2. The minimum atomic E-state index is -0.646. The average molecular weight is 357 g/mol. The first-order valence-corrected chi connectivity index (χ1v) is 7.70. The quantitative estimate of drug-likeness (QED) is 0.622. The third kappa shape index (κ3) is 3.84. The molecule has 0 fully saturated rings. The van der Waals surface area contributed by atoms with E-state index >= 15 is 0 Å². The number of H-pyrrole nitrogens is 1. The van der Waals surface area contributed by atoms with Crippen LogP contribution < -0.4 is 5.32 Å². The van der Waals surface area contributed by atoms with Crippen molar-refractivity contribution in [1.29, 1.82) is 0 Å². The van der Waals surface area contributed by atoms with E-state index in [4.69, 9.17) is 11.6 Å². The van der Waals surface area contributed by atoms with Crippen LogP contribution >= 0.6 is 11.6 Å². The van der Waals surface area contributed by atoms with E-state index in [1.54, 1.807) is 48.5 Å². The number of fused-ring (bicyclic) bond motifs is 1. The second kappa shape index (κ2) is 7.14. The molecule has 2 amide bonds. The van der Waals surface area contributed by atoms with Crippen molar-refractivity contribution in [1.82, 2.24) is 10.3 Å². The fraction of sp³-hybridized carbons (Fsp3) is 0.0588. The van der Waals surface area contributed by atoms with Crippen molar-refractivity contribution >= 4 is 40.0 Å². The second-order valence-electron chi connectivity index (χ2n) is 5.15. The normalized spacial score (nSPS) is 11.1. The first-order valence-electron chi connectivity index (χ1n) is 7.32. The Bertz CT molecular complexity index is 964. The van der Waals surface area contributed by atoms with Crippen LogP contribution in [0.3, 0.4) is 0 Å². The van der Waals surface area contributed by atoms with Crippen LogP contribution in [0.2, 0.25) is 5.02 Å². The Morgan fingerprint density at radius 3 is 2.60 bits per heavy atom. The molecule has 0 aliphatic rings. The third-order valence-corrected chi connectivity index (χ3v) is 3.68. The summed E-state index contributed by atoms with van der Waals surface area (Å²) in [6, 6.07) is 13.4. The Morgan fingerprint density at radius 2 is 1.84 bits per heavy atom. The number of nitrogens with zero attached hydrogens (tertiary/aromatic N) is 2. The zero-order valence-corrected chi connectivity index (χ0v) is 13.6. The minimum absolute atomic E-state index is 0.174. The van der Waals surface area contributed by atoms with E-state index in [1.165, 1.54) is 0 Å². The number of aromatic nitrogens is 1. The smallest absolute Gasteiger partial charge is 0.283 e.